The molecule has 0 unspecified atom stereocenters. The van der Waals surface area contributed by atoms with E-state index in [4.69, 9.17) is 35.4 Å². The minimum absolute atomic E-state index is 0.236. The maximum Gasteiger partial charge on any atom is 0.235 e. The lowest BCUT2D eigenvalue weighted by molar-refractivity contribution is -0.119. The molecule has 0 spiro atoms. The molecule has 1 aromatic carbocycles. The van der Waals surface area contributed by atoms with Crippen molar-refractivity contribution in [3.8, 4) is 0 Å². The van der Waals surface area contributed by atoms with Gasteiger partial charge in [0.15, 0.2) is 5.11 Å². The normalized spacial score (nSPS) is 9.44. The standard InChI is InChI=1S/C9H9Cl2N3OS/c1-5(15)13-14-9(16)12-8-3-2-6(10)4-7(8)11/h2-4H,1H3,(H,13,15)(H2,12,14,16). The van der Waals surface area contributed by atoms with Crippen LogP contribution >= 0.6 is 35.4 Å². The van der Waals surface area contributed by atoms with Crippen LogP contribution in [0.5, 0.6) is 0 Å². The summed E-state index contributed by atoms with van der Waals surface area (Å²) in [4.78, 5) is 10.6. The van der Waals surface area contributed by atoms with Gasteiger partial charge in [0.25, 0.3) is 0 Å². The molecule has 86 valence electrons. The molecule has 0 saturated carbocycles. The van der Waals surface area contributed by atoms with Gasteiger partial charge in [0, 0.05) is 11.9 Å². The van der Waals surface area contributed by atoms with E-state index in [-0.39, 0.29) is 11.0 Å². The summed E-state index contributed by atoms with van der Waals surface area (Å²) in [6, 6.07) is 4.95. The van der Waals surface area contributed by atoms with Crippen molar-refractivity contribution in [3.05, 3.63) is 28.2 Å². The van der Waals surface area contributed by atoms with Crippen LogP contribution in [0.4, 0.5) is 5.69 Å². The first-order valence-corrected chi connectivity index (χ1v) is 5.44. The molecule has 3 N–H and O–H groups in total. The molecule has 1 aromatic rings. The number of carbonyl (C=O) groups is 1. The highest BCUT2D eigenvalue weighted by Gasteiger charge is 2.03. The van der Waals surface area contributed by atoms with Crippen LogP contribution < -0.4 is 16.2 Å². The first-order chi connectivity index (χ1) is 7.49. The number of rotatable bonds is 1. The second-order valence-corrected chi connectivity index (χ2v) is 4.14. The van der Waals surface area contributed by atoms with Crippen molar-refractivity contribution in [1.29, 1.82) is 0 Å². The van der Waals surface area contributed by atoms with E-state index in [0.29, 0.717) is 15.7 Å². The summed E-state index contributed by atoms with van der Waals surface area (Å²) in [5.41, 5.74) is 5.44. The highest BCUT2D eigenvalue weighted by molar-refractivity contribution is 7.80. The molecular weight excluding hydrogens is 269 g/mol. The number of amides is 1. The number of nitrogens with one attached hydrogen (secondary N) is 3. The van der Waals surface area contributed by atoms with Crippen LogP contribution in [-0.4, -0.2) is 11.0 Å². The van der Waals surface area contributed by atoms with E-state index >= 15 is 0 Å². The van der Waals surface area contributed by atoms with Crippen molar-refractivity contribution in [2.24, 2.45) is 0 Å². The Bertz CT molecular complexity index is 425. The molecule has 1 rings (SSSR count). The van der Waals surface area contributed by atoms with Gasteiger partial charge in [-0.1, -0.05) is 23.2 Å². The zero-order chi connectivity index (χ0) is 12.1. The molecule has 0 atom stereocenters. The van der Waals surface area contributed by atoms with Crippen molar-refractivity contribution in [1.82, 2.24) is 10.9 Å². The molecule has 0 aliphatic rings. The molecule has 1 amide bonds. The van der Waals surface area contributed by atoms with Crippen LogP contribution in [0.1, 0.15) is 6.92 Å². The van der Waals surface area contributed by atoms with E-state index in [1.165, 1.54) is 6.92 Å². The minimum Gasteiger partial charge on any atom is -0.330 e. The molecule has 0 saturated heterocycles. The van der Waals surface area contributed by atoms with Crippen molar-refractivity contribution in [2.45, 2.75) is 6.92 Å². The van der Waals surface area contributed by atoms with Gasteiger partial charge in [-0.3, -0.25) is 15.6 Å². The van der Waals surface area contributed by atoms with Crippen molar-refractivity contribution < 1.29 is 4.79 Å². The lowest BCUT2D eigenvalue weighted by Gasteiger charge is -2.11. The number of hydrazine groups is 1. The number of thiocarbonyl (C=S) groups is 1. The summed E-state index contributed by atoms with van der Waals surface area (Å²) in [6.07, 6.45) is 0. The summed E-state index contributed by atoms with van der Waals surface area (Å²) < 4.78 is 0. The van der Waals surface area contributed by atoms with Crippen LogP contribution in [-0.2, 0) is 4.79 Å². The van der Waals surface area contributed by atoms with Gasteiger partial charge in [-0.25, -0.2) is 0 Å². The Balaban J connectivity index is 2.59. The van der Waals surface area contributed by atoms with Gasteiger partial charge < -0.3 is 5.32 Å². The van der Waals surface area contributed by atoms with Crippen LogP contribution in [0.3, 0.4) is 0 Å². The number of hydrogen-bond acceptors (Lipinski definition) is 2. The monoisotopic (exact) mass is 277 g/mol. The fourth-order valence-electron chi connectivity index (χ4n) is 0.889. The number of halogens is 2. The van der Waals surface area contributed by atoms with Gasteiger partial charge in [-0.15, -0.1) is 0 Å². The lowest BCUT2D eigenvalue weighted by Crippen LogP contribution is -2.42. The molecule has 0 radical (unpaired) electrons. The Labute approximate surface area is 108 Å². The fraction of sp³-hybridized carbons (Fsp3) is 0.111. The van der Waals surface area contributed by atoms with Gasteiger partial charge in [-0.05, 0) is 30.4 Å². The van der Waals surface area contributed by atoms with E-state index in [2.05, 4.69) is 16.2 Å². The molecule has 7 heteroatoms. The first kappa shape index (κ1) is 13.0. The highest BCUT2D eigenvalue weighted by atomic mass is 35.5. The molecule has 0 fully saturated rings. The molecule has 0 aliphatic carbocycles. The Kier molecular flexibility index (Phi) is 4.79. The molecule has 0 aliphatic heterocycles. The first-order valence-electron chi connectivity index (χ1n) is 4.27. The molecule has 0 heterocycles. The third-order valence-electron chi connectivity index (χ3n) is 1.53. The van der Waals surface area contributed by atoms with Gasteiger partial charge >= 0.3 is 0 Å². The smallest absolute Gasteiger partial charge is 0.235 e. The van der Waals surface area contributed by atoms with Gasteiger partial charge in [0.1, 0.15) is 0 Å². The molecule has 0 bridgehead atoms. The number of carbonyl (C=O) groups excluding carboxylic acids is 1. The summed E-state index contributed by atoms with van der Waals surface area (Å²) in [5, 5.41) is 4.03. The van der Waals surface area contributed by atoms with Crippen LogP contribution in [0, 0.1) is 0 Å². The lowest BCUT2D eigenvalue weighted by atomic mass is 10.3. The Morgan fingerprint density at radius 2 is 2.00 bits per heavy atom. The predicted octanol–water partition coefficient (Wildman–Crippen LogP) is 2.33. The van der Waals surface area contributed by atoms with E-state index in [9.17, 15) is 4.79 Å². The Hall–Kier alpha value is -1.04. The average Bonchev–Trinajstić information content (AvgIpc) is 2.19. The van der Waals surface area contributed by atoms with Crippen molar-refractivity contribution in [2.75, 3.05) is 5.32 Å². The predicted molar refractivity (Wildman–Crippen MR) is 69.6 cm³/mol. The molecule has 4 nitrogen and oxygen atoms in total. The highest BCUT2D eigenvalue weighted by Crippen LogP contribution is 2.25. The second-order valence-electron chi connectivity index (χ2n) is 2.88. The number of anilines is 1. The SMILES string of the molecule is CC(=O)NNC(=S)Nc1ccc(Cl)cc1Cl. The molecular formula is C9H9Cl2N3OS. The van der Waals surface area contributed by atoms with E-state index in [1.54, 1.807) is 18.2 Å². The van der Waals surface area contributed by atoms with Crippen LogP contribution in [0.15, 0.2) is 18.2 Å². The Morgan fingerprint density at radius 1 is 1.31 bits per heavy atom. The summed E-state index contributed by atoms with van der Waals surface area (Å²) in [7, 11) is 0. The third-order valence-corrected chi connectivity index (χ3v) is 2.28. The van der Waals surface area contributed by atoms with Crippen LogP contribution in [0.25, 0.3) is 0 Å². The minimum atomic E-state index is -0.244. The maximum absolute atomic E-state index is 10.6. The quantitative estimate of drug-likeness (QED) is 0.545. The second kappa shape index (κ2) is 5.89. The maximum atomic E-state index is 10.6. The fourth-order valence-corrected chi connectivity index (χ4v) is 1.51. The van der Waals surface area contributed by atoms with Gasteiger partial charge in [-0.2, -0.15) is 0 Å². The third kappa shape index (κ3) is 4.22. The van der Waals surface area contributed by atoms with Gasteiger partial charge in [0.05, 0.1) is 10.7 Å². The number of hydrogen-bond donors (Lipinski definition) is 3. The number of benzene rings is 1. The van der Waals surface area contributed by atoms with Crippen molar-refractivity contribution in [3.63, 3.8) is 0 Å². The average molecular weight is 278 g/mol. The summed E-state index contributed by atoms with van der Waals surface area (Å²) >= 11 is 16.6. The van der Waals surface area contributed by atoms with E-state index < -0.39 is 0 Å². The summed E-state index contributed by atoms with van der Waals surface area (Å²) in [5.74, 6) is -0.244. The van der Waals surface area contributed by atoms with Crippen LogP contribution in [0.2, 0.25) is 10.0 Å². The Morgan fingerprint density at radius 3 is 2.56 bits per heavy atom. The van der Waals surface area contributed by atoms with Gasteiger partial charge in [0.2, 0.25) is 5.91 Å². The molecule has 0 aromatic heterocycles. The summed E-state index contributed by atoms with van der Waals surface area (Å²) in [6.45, 7) is 1.37. The molecule has 16 heavy (non-hydrogen) atoms. The zero-order valence-electron chi connectivity index (χ0n) is 8.30. The zero-order valence-corrected chi connectivity index (χ0v) is 10.6. The van der Waals surface area contributed by atoms with E-state index in [1.807, 2.05) is 0 Å². The van der Waals surface area contributed by atoms with Crippen molar-refractivity contribution >= 4 is 52.1 Å². The topological polar surface area (TPSA) is 53.2 Å². The van der Waals surface area contributed by atoms with E-state index in [0.717, 1.165) is 0 Å². The largest absolute Gasteiger partial charge is 0.330 e.